The van der Waals surface area contributed by atoms with Crippen LogP contribution in [0.15, 0.2) is 53.2 Å². The van der Waals surface area contributed by atoms with Gasteiger partial charge in [-0.1, -0.05) is 11.6 Å². The van der Waals surface area contributed by atoms with E-state index in [1.807, 2.05) is 11.8 Å². The van der Waals surface area contributed by atoms with Crippen LogP contribution in [0.3, 0.4) is 0 Å². The Morgan fingerprint density at radius 3 is 2.62 bits per heavy atom. The molecule has 0 unspecified atom stereocenters. The Kier molecular flexibility index (Phi) is 5.66. The van der Waals surface area contributed by atoms with Crippen molar-refractivity contribution in [2.45, 2.75) is 19.4 Å². The maximum absolute atomic E-state index is 13.6. The van der Waals surface area contributed by atoms with E-state index in [-0.39, 0.29) is 23.1 Å². The molecule has 1 amide bonds. The normalized spacial score (nSPS) is 16.6. The van der Waals surface area contributed by atoms with Gasteiger partial charge in [0.15, 0.2) is 5.58 Å². The molecule has 5 rings (SSSR count). The molecular weight excluding hydrogens is 460 g/mol. The van der Waals surface area contributed by atoms with E-state index in [4.69, 9.17) is 16.0 Å². The van der Waals surface area contributed by atoms with E-state index >= 15 is 0 Å². The number of halogens is 1. The first-order valence-corrected chi connectivity index (χ1v) is 11.1. The second kappa shape index (κ2) is 8.79. The lowest BCUT2D eigenvalue weighted by Gasteiger charge is -2.27. The highest BCUT2D eigenvalue weighted by atomic mass is 35.5. The van der Waals surface area contributed by atoms with Crippen molar-refractivity contribution in [1.82, 2.24) is 24.9 Å². The van der Waals surface area contributed by atoms with Crippen molar-refractivity contribution >= 4 is 40.6 Å². The zero-order valence-corrected chi connectivity index (χ0v) is 19.0. The number of benzene rings is 2. The van der Waals surface area contributed by atoms with Crippen molar-refractivity contribution in [2.75, 3.05) is 24.5 Å². The fraction of sp³-hybridized carbons (Fsp3) is 0.261. The summed E-state index contributed by atoms with van der Waals surface area (Å²) in [7, 11) is 0. The minimum absolute atomic E-state index is 0.0648. The summed E-state index contributed by atoms with van der Waals surface area (Å²) in [6.45, 7) is 3.45. The number of carboxylic acids is 1. The van der Waals surface area contributed by atoms with Crippen LogP contribution in [0.25, 0.3) is 16.8 Å². The molecule has 0 saturated carbocycles. The third kappa shape index (κ3) is 4.08. The van der Waals surface area contributed by atoms with Gasteiger partial charge in [0.2, 0.25) is 0 Å². The van der Waals surface area contributed by atoms with Crippen molar-refractivity contribution in [2.24, 2.45) is 0 Å². The van der Waals surface area contributed by atoms with E-state index in [0.717, 1.165) is 0 Å². The van der Waals surface area contributed by atoms with Crippen LogP contribution in [-0.4, -0.2) is 67.5 Å². The number of amides is 1. The predicted octanol–water partition coefficient (Wildman–Crippen LogP) is 3.50. The number of hydrogen-bond donors (Lipinski definition) is 1. The summed E-state index contributed by atoms with van der Waals surface area (Å²) in [4.78, 5) is 35.0. The lowest BCUT2D eigenvalue weighted by molar-refractivity contribution is 0.0658. The SMILES string of the molecule is C[C@H]1CCN(c2nc3cc(Cl)ccc3o2)CCN1C(=O)c1cc(-n2nccn2)ccc1C(=O)O. The summed E-state index contributed by atoms with van der Waals surface area (Å²) in [5.41, 5.74) is 1.85. The molecule has 0 radical (unpaired) electrons. The molecule has 1 fully saturated rings. The molecule has 4 aromatic rings. The number of anilines is 1. The Morgan fingerprint density at radius 2 is 1.85 bits per heavy atom. The zero-order valence-electron chi connectivity index (χ0n) is 18.3. The Balaban J connectivity index is 1.42. The molecule has 0 aliphatic carbocycles. The van der Waals surface area contributed by atoms with Gasteiger partial charge in [0.25, 0.3) is 11.9 Å². The van der Waals surface area contributed by atoms with Crippen LogP contribution in [0.4, 0.5) is 6.01 Å². The van der Waals surface area contributed by atoms with Crippen LogP contribution < -0.4 is 4.90 Å². The van der Waals surface area contributed by atoms with Crippen molar-refractivity contribution in [3.8, 4) is 5.69 Å². The van der Waals surface area contributed by atoms with Crippen molar-refractivity contribution < 1.29 is 19.1 Å². The van der Waals surface area contributed by atoms with Gasteiger partial charge in [-0.15, -0.1) is 0 Å². The van der Waals surface area contributed by atoms with E-state index in [9.17, 15) is 14.7 Å². The molecule has 0 spiro atoms. The molecule has 1 aliphatic heterocycles. The fourth-order valence-electron chi connectivity index (χ4n) is 4.10. The van der Waals surface area contributed by atoms with Gasteiger partial charge in [0.1, 0.15) is 5.52 Å². The standard InChI is InChI=1S/C23H21ClN6O4/c1-14-6-9-28(23-27-19-12-15(24)2-5-20(19)34-23)10-11-29(14)21(31)18-13-16(30-25-7-8-26-30)3-4-17(18)22(32)33/h2-5,7-8,12-14H,6,9-11H2,1H3,(H,32,33)/t14-/m0/s1. The van der Waals surface area contributed by atoms with E-state index in [0.29, 0.717) is 53.9 Å². The van der Waals surface area contributed by atoms with Crippen LogP contribution in [0, 0.1) is 0 Å². The number of aromatic nitrogens is 4. The average molecular weight is 481 g/mol. The number of fused-ring (bicyclic) bond motifs is 1. The monoisotopic (exact) mass is 480 g/mol. The van der Waals surface area contributed by atoms with E-state index in [2.05, 4.69) is 15.2 Å². The maximum Gasteiger partial charge on any atom is 0.336 e. The van der Waals surface area contributed by atoms with Crippen LogP contribution in [0.5, 0.6) is 0 Å². The average Bonchev–Trinajstić information content (AvgIpc) is 3.46. The van der Waals surface area contributed by atoms with Gasteiger partial charge in [-0.2, -0.15) is 20.0 Å². The van der Waals surface area contributed by atoms with Gasteiger partial charge < -0.3 is 19.3 Å². The minimum atomic E-state index is -1.17. The number of carbonyl (C=O) groups excluding carboxylic acids is 1. The predicted molar refractivity (Wildman–Crippen MR) is 125 cm³/mol. The van der Waals surface area contributed by atoms with Crippen LogP contribution in [0.1, 0.15) is 34.1 Å². The van der Waals surface area contributed by atoms with Crippen molar-refractivity contribution in [3.05, 3.63) is 64.9 Å². The van der Waals surface area contributed by atoms with Crippen LogP contribution in [-0.2, 0) is 0 Å². The third-order valence-electron chi connectivity index (χ3n) is 5.94. The third-order valence-corrected chi connectivity index (χ3v) is 6.18. The highest BCUT2D eigenvalue weighted by molar-refractivity contribution is 6.31. The first kappa shape index (κ1) is 21.9. The Labute approximate surface area is 199 Å². The van der Waals surface area contributed by atoms with E-state index < -0.39 is 5.97 Å². The molecule has 0 bridgehead atoms. The van der Waals surface area contributed by atoms with Gasteiger partial charge in [0.05, 0.1) is 29.2 Å². The molecule has 2 aromatic heterocycles. The highest BCUT2D eigenvalue weighted by Gasteiger charge is 2.30. The molecule has 34 heavy (non-hydrogen) atoms. The van der Waals surface area contributed by atoms with Crippen LogP contribution in [0.2, 0.25) is 5.02 Å². The molecule has 1 N–H and O–H groups in total. The zero-order chi connectivity index (χ0) is 23.8. The largest absolute Gasteiger partial charge is 0.478 e. The Bertz CT molecular complexity index is 1370. The van der Waals surface area contributed by atoms with Gasteiger partial charge in [-0.05, 0) is 49.7 Å². The van der Waals surface area contributed by atoms with Crippen molar-refractivity contribution in [3.63, 3.8) is 0 Å². The molecule has 11 heteroatoms. The summed E-state index contributed by atoms with van der Waals surface area (Å²) in [5, 5.41) is 18.4. The first-order valence-electron chi connectivity index (χ1n) is 10.8. The Morgan fingerprint density at radius 1 is 1.06 bits per heavy atom. The number of nitrogens with zero attached hydrogens (tertiary/aromatic N) is 6. The number of rotatable bonds is 4. The second-order valence-corrected chi connectivity index (χ2v) is 8.52. The fourth-order valence-corrected chi connectivity index (χ4v) is 4.27. The molecule has 10 nitrogen and oxygen atoms in total. The first-order chi connectivity index (χ1) is 16.4. The summed E-state index contributed by atoms with van der Waals surface area (Å²) in [5.74, 6) is -1.53. The number of aromatic carboxylic acids is 1. The number of carbonyl (C=O) groups is 2. The highest BCUT2D eigenvalue weighted by Crippen LogP contribution is 2.27. The number of carboxylic acid groups (broad SMARTS) is 1. The maximum atomic E-state index is 13.6. The smallest absolute Gasteiger partial charge is 0.336 e. The lowest BCUT2D eigenvalue weighted by Crippen LogP contribution is -2.40. The number of hydrogen-bond acceptors (Lipinski definition) is 7. The van der Waals surface area contributed by atoms with E-state index in [1.54, 1.807) is 29.2 Å². The molecule has 2 aromatic carbocycles. The van der Waals surface area contributed by atoms with Gasteiger partial charge in [0, 0.05) is 30.7 Å². The Hall–Kier alpha value is -3.92. The second-order valence-electron chi connectivity index (χ2n) is 8.09. The lowest BCUT2D eigenvalue weighted by atomic mass is 10.0. The van der Waals surface area contributed by atoms with Gasteiger partial charge >= 0.3 is 5.97 Å². The molecule has 174 valence electrons. The van der Waals surface area contributed by atoms with Gasteiger partial charge in [-0.3, -0.25) is 4.79 Å². The van der Waals surface area contributed by atoms with Crippen LogP contribution >= 0.6 is 11.6 Å². The van der Waals surface area contributed by atoms with Gasteiger partial charge in [-0.25, -0.2) is 4.79 Å². The molecule has 1 aliphatic rings. The topological polar surface area (TPSA) is 118 Å². The van der Waals surface area contributed by atoms with Crippen molar-refractivity contribution in [1.29, 1.82) is 0 Å². The molecule has 1 atom stereocenters. The summed E-state index contributed by atoms with van der Waals surface area (Å²) < 4.78 is 5.90. The summed E-state index contributed by atoms with van der Waals surface area (Å²) in [6, 6.07) is 10.1. The summed E-state index contributed by atoms with van der Waals surface area (Å²) >= 11 is 6.06. The van der Waals surface area contributed by atoms with E-state index in [1.165, 1.54) is 29.3 Å². The molecule has 1 saturated heterocycles. The summed E-state index contributed by atoms with van der Waals surface area (Å²) in [6.07, 6.45) is 3.68. The quantitative estimate of drug-likeness (QED) is 0.471. The minimum Gasteiger partial charge on any atom is -0.478 e. The molecule has 3 heterocycles. The molecular formula is C23H21ClN6O4. The number of oxazole rings is 1.